The third-order valence-corrected chi connectivity index (χ3v) is 4.04. The molecule has 0 fully saturated rings. The minimum atomic E-state index is -3.46. The van der Waals surface area contributed by atoms with E-state index < -0.39 is 27.6 Å². The largest absolute Gasteiger partial charge is 0.383 e. The van der Waals surface area contributed by atoms with Crippen LogP contribution in [0.5, 0.6) is 0 Å². The van der Waals surface area contributed by atoms with E-state index in [9.17, 15) is 22.0 Å². The van der Waals surface area contributed by atoms with Crippen LogP contribution in [0.25, 0.3) is 0 Å². The van der Waals surface area contributed by atoms with Crippen LogP contribution in [-0.4, -0.2) is 40.2 Å². The monoisotopic (exact) mass is 321 g/mol. The van der Waals surface area contributed by atoms with Gasteiger partial charge in [0, 0.05) is 25.7 Å². The van der Waals surface area contributed by atoms with Crippen LogP contribution in [-0.2, 0) is 10.0 Å². The fourth-order valence-electron chi connectivity index (χ4n) is 1.64. The molecule has 0 aliphatic rings. The molecular weight excluding hydrogens is 304 g/mol. The molecule has 6 nitrogen and oxygen atoms in total. The Balaban J connectivity index is 2.69. The molecule has 0 spiro atoms. The summed E-state index contributed by atoms with van der Waals surface area (Å²) in [4.78, 5) is 11.7. The molecular formula is C12H17F2N3O3S. The van der Waals surface area contributed by atoms with E-state index in [4.69, 9.17) is 0 Å². The molecule has 0 heterocycles. The Kier molecular flexibility index (Phi) is 6.03. The molecule has 0 radical (unpaired) electrons. The fourth-order valence-corrected chi connectivity index (χ4v) is 2.59. The molecule has 1 aromatic carbocycles. The Morgan fingerprint density at radius 1 is 1.24 bits per heavy atom. The van der Waals surface area contributed by atoms with Crippen molar-refractivity contribution in [2.45, 2.75) is 6.92 Å². The third kappa shape index (κ3) is 4.94. The molecule has 0 aliphatic carbocycles. The molecule has 0 saturated heterocycles. The number of carbonyl (C=O) groups excluding carboxylic acids is 1. The van der Waals surface area contributed by atoms with Gasteiger partial charge in [0.25, 0.3) is 5.91 Å². The first-order valence-electron chi connectivity index (χ1n) is 6.23. The summed E-state index contributed by atoms with van der Waals surface area (Å²) in [6.07, 6.45) is 0. The number of amides is 1. The van der Waals surface area contributed by atoms with Crippen molar-refractivity contribution in [3.8, 4) is 0 Å². The second-order valence-electron chi connectivity index (χ2n) is 4.14. The first-order valence-corrected chi connectivity index (χ1v) is 7.88. The first-order chi connectivity index (χ1) is 9.80. The summed E-state index contributed by atoms with van der Waals surface area (Å²) in [6.45, 7) is 1.72. The highest BCUT2D eigenvalue weighted by Crippen LogP contribution is 2.20. The highest BCUT2D eigenvalue weighted by atomic mass is 32.2. The van der Waals surface area contributed by atoms with E-state index in [2.05, 4.69) is 15.4 Å². The molecule has 3 N–H and O–H groups in total. The van der Waals surface area contributed by atoms with Crippen molar-refractivity contribution in [3.05, 3.63) is 29.3 Å². The summed E-state index contributed by atoms with van der Waals surface area (Å²) >= 11 is 0. The predicted octanol–water partition coefficient (Wildman–Crippen LogP) is 0.676. The first kappa shape index (κ1) is 17.3. The van der Waals surface area contributed by atoms with Crippen LogP contribution >= 0.6 is 0 Å². The number of halogens is 2. The van der Waals surface area contributed by atoms with E-state index in [1.165, 1.54) is 7.05 Å². The SMILES string of the molecule is CCNS(=O)(=O)CCNC(=O)c1cc(F)c(NC)c(F)c1. The van der Waals surface area contributed by atoms with Gasteiger partial charge in [0.05, 0.1) is 5.75 Å². The van der Waals surface area contributed by atoms with Gasteiger partial charge in [-0.3, -0.25) is 4.79 Å². The van der Waals surface area contributed by atoms with Crippen molar-refractivity contribution in [3.63, 3.8) is 0 Å². The molecule has 0 saturated carbocycles. The normalized spacial score (nSPS) is 11.2. The van der Waals surface area contributed by atoms with E-state index in [0.717, 1.165) is 12.1 Å². The van der Waals surface area contributed by atoms with Crippen molar-refractivity contribution in [2.24, 2.45) is 0 Å². The second kappa shape index (κ2) is 7.32. The Bertz CT molecular complexity index is 597. The quantitative estimate of drug-likeness (QED) is 0.689. The maximum absolute atomic E-state index is 13.5. The lowest BCUT2D eigenvalue weighted by molar-refractivity contribution is 0.0955. The molecule has 1 aromatic rings. The molecule has 9 heteroatoms. The average molecular weight is 321 g/mol. The zero-order valence-electron chi connectivity index (χ0n) is 11.7. The summed E-state index contributed by atoms with van der Waals surface area (Å²) in [5.41, 5.74) is -0.550. The number of anilines is 1. The highest BCUT2D eigenvalue weighted by Gasteiger charge is 2.15. The third-order valence-electron chi connectivity index (χ3n) is 2.57. The summed E-state index contributed by atoms with van der Waals surface area (Å²) in [5.74, 6) is -2.86. The van der Waals surface area contributed by atoms with Crippen molar-refractivity contribution in [2.75, 3.05) is 31.2 Å². The summed E-state index contributed by atoms with van der Waals surface area (Å²) < 4.78 is 52.0. The van der Waals surface area contributed by atoms with E-state index in [-0.39, 0.29) is 30.1 Å². The van der Waals surface area contributed by atoms with Gasteiger partial charge < -0.3 is 10.6 Å². The molecule has 0 aromatic heterocycles. The zero-order valence-corrected chi connectivity index (χ0v) is 12.5. The molecule has 0 bridgehead atoms. The minimum Gasteiger partial charge on any atom is -0.383 e. The van der Waals surface area contributed by atoms with E-state index in [1.807, 2.05) is 0 Å². The van der Waals surface area contributed by atoms with Gasteiger partial charge in [0.15, 0.2) is 0 Å². The molecule has 1 rings (SSSR count). The standard InChI is InChI=1S/C12H17F2N3O3S/c1-3-17-21(19,20)5-4-16-12(18)8-6-9(13)11(15-2)10(14)7-8/h6-7,15,17H,3-5H2,1-2H3,(H,16,18). The number of hydrogen-bond donors (Lipinski definition) is 3. The van der Waals surface area contributed by atoms with Gasteiger partial charge in [-0.1, -0.05) is 6.92 Å². The zero-order chi connectivity index (χ0) is 16.0. The van der Waals surface area contributed by atoms with Crippen LogP contribution in [0.15, 0.2) is 12.1 Å². The smallest absolute Gasteiger partial charge is 0.251 e. The van der Waals surface area contributed by atoms with Gasteiger partial charge in [-0.2, -0.15) is 0 Å². The summed E-state index contributed by atoms with van der Waals surface area (Å²) in [7, 11) is -2.11. The van der Waals surface area contributed by atoms with Crippen molar-refractivity contribution in [1.29, 1.82) is 0 Å². The molecule has 118 valence electrons. The molecule has 0 aliphatic heterocycles. The van der Waals surface area contributed by atoms with Gasteiger partial charge in [-0.15, -0.1) is 0 Å². The van der Waals surface area contributed by atoms with Gasteiger partial charge in [0.2, 0.25) is 10.0 Å². The van der Waals surface area contributed by atoms with E-state index in [1.54, 1.807) is 6.92 Å². The lowest BCUT2D eigenvalue weighted by Gasteiger charge is -2.09. The fraction of sp³-hybridized carbons (Fsp3) is 0.417. The topological polar surface area (TPSA) is 87.3 Å². The Labute approximate surface area is 122 Å². The number of sulfonamides is 1. The molecule has 1 amide bonds. The predicted molar refractivity (Wildman–Crippen MR) is 75.7 cm³/mol. The van der Waals surface area contributed by atoms with E-state index >= 15 is 0 Å². The number of nitrogens with one attached hydrogen (secondary N) is 3. The van der Waals surface area contributed by atoms with Gasteiger partial charge in [-0.05, 0) is 12.1 Å². The summed E-state index contributed by atoms with van der Waals surface area (Å²) in [6, 6.07) is 1.76. The Morgan fingerprint density at radius 3 is 2.29 bits per heavy atom. The Hall–Kier alpha value is -1.74. The maximum Gasteiger partial charge on any atom is 0.251 e. The van der Waals surface area contributed by atoms with Crippen molar-refractivity contribution >= 4 is 21.6 Å². The molecule has 0 unspecified atom stereocenters. The van der Waals surface area contributed by atoms with Gasteiger partial charge in [-0.25, -0.2) is 21.9 Å². The van der Waals surface area contributed by atoms with Crippen LogP contribution in [0.3, 0.4) is 0 Å². The number of rotatable bonds is 7. The van der Waals surface area contributed by atoms with Gasteiger partial charge >= 0.3 is 0 Å². The second-order valence-corrected chi connectivity index (χ2v) is 6.06. The Morgan fingerprint density at radius 2 is 1.81 bits per heavy atom. The summed E-state index contributed by atoms with van der Waals surface area (Å²) in [5, 5.41) is 4.63. The van der Waals surface area contributed by atoms with Crippen LogP contribution in [0.2, 0.25) is 0 Å². The average Bonchev–Trinajstić information content (AvgIpc) is 2.37. The van der Waals surface area contributed by atoms with Gasteiger partial charge in [0.1, 0.15) is 17.3 Å². The van der Waals surface area contributed by atoms with Crippen LogP contribution in [0.4, 0.5) is 14.5 Å². The van der Waals surface area contributed by atoms with E-state index in [0.29, 0.717) is 0 Å². The molecule has 0 atom stereocenters. The highest BCUT2D eigenvalue weighted by molar-refractivity contribution is 7.89. The number of carbonyl (C=O) groups is 1. The molecule has 21 heavy (non-hydrogen) atoms. The van der Waals surface area contributed by atoms with Crippen LogP contribution in [0.1, 0.15) is 17.3 Å². The van der Waals surface area contributed by atoms with Crippen LogP contribution in [0, 0.1) is 11.6 Å². The number of hydrogen-bond acceptors (Lipinski definition) is 4. The number of benzene rings is 1. The lowest BCUT2D eigenvalue weighted by atomic mass is 10.1. The minimum absolute atomic E-state index is 0.162. The maximum atomic E-state index is 13.5. The van der Waals surface area contributed by atoms with Crippen LogP contribution < -0.4 is 15.4 Å². The lowest BCUT2D eigenvalue weighted by Crippen LogP contribution is -2.34. The van der Waals surface area contributed by atoms with Crippen molar-refractivity contribution < 1.29 is 22.0 Å². The van der Waals surface area contributed by atoms with Crippen molar-refractivity contribution in [1.82, 2.24) is 10.0 Å².